The van der Waals surface area contributed by atoms with Crippen molar-refractivity contribution in [3.8, 4) is 23.0 Å². The van der Waals surface area contributed by atoms with Gasteiger partial charge in [-0.2, -0.15) is 13.2 Å². The Labute approximate surface area is 209 Å². The Morgan fingerprint density at radius 2 is 1.38 bits per heavy atom. The second-order valence-corrected chi connectivity index (χ2v) is 7.73. The Morgan fingerprint density at radius 1 is 0.757 bits per heavy atom. The van der Waals surface area contributed by atoms with Crippen LogP contribution < -0.4 is 24.8 Å². The van der Waals surface area contributed by atoms with Gasteiger partial charge in [0.25, 0.3) is 5.91 Å². The molecule has 7 nitrogen and oxygen atoms in total. The highest BCUT2D eigenvalue weighted by Gasteiger charge is 2.35. The number of hydrogen-bond donors (Lipinski definition) is 2. The van der Waals surface area contributed by atoms with Crippen molar-refractivity contribution in [2.75, 3.05) is 19.5 Å². The molecule has 0 aliphatic carbocycles. The summed E-state index contributed by atoms with van der Waals surface area (Å²) in [7, 11) is 2.68. The normalized spacial score (nSPS) is 11.1. The lowest BCUT2D eigenvalue weighted by Crippen LogP contribution is -2.34. The van der Waals surface area contributed by atoms with Crippen LogP contribution in [0.2, 0.25) is 0 Å². The molecule has 0 atom stereocenters. The number of ether oxygens (including phenoxy) is 3. The summed E-state index contributed by atoms with van der Waals surface area (Å²) in [4.78, 5) is 25.1. The number of amides is 3. The first kappa shape index (κ1) is 25.4. The van der Waals surface area contributed by atoms with E-state index in [1.165, 1.54) is 32.4 Å². The minimum Gasteiger partial charge on any atom is -0.496 e. The summed E-state index contributed by atoms with van der Waals surface area (Å²) in [5.41, 5.74) is -1.34. The number of benzene rings is 4. The number of fused-ring (bicyclic) bond motifs is 1. The lowest BCUT2D eigenvalue weighted by atomic mass is 10.1. The fourth-order valence-corrected chi connectivity index (χ4v) is 3.72. The van der Waals surface area contributed by atoms with Crippen molar-refractivity contribution in [2.45, 2.75) is 6.18 Å². The second kappa shape index (κ2) is 10.5. The number of urea groups is 1. The molecule has 2 N–H and O–H groups in total. The van der Waals surface area contributed by atoms with E-state index in [1.807, 2.05) is 18.2 Å². The predicted molar refractivity (Wildman–Crippen MR) is 131 cm³/mol. The highest BCUT2D eigenvalue weighted by Crippen LogP contribution is 2.41. The van der Waals surface area contributed by atoms with E-state index in [-0.39, 0.29) is 28.5 Å². The Balaban J connectivity index is 1.57. The van der Waals surface area contributed by atoms with E-state index in [1.54, 1.807) is 30.3 Å². The first-order chi connectivity index (χ1) is 17.7. The molecule has 0 aromatic heterocycles. The molecule has 4 aromatic carbocycles. The van der Waals surface area contributed by atoms with Crippen LogP contribution >= 0.6 is 0 Å². The molecule has 0 bridgehead atoms. The smallest absolute Gasteiger partial charge is 0.420 e. The van der Waals surface area contributed by atoms with Crippen molar-refractivity contribution in [3.63, 3.8) is 0 Å². The van der Waals surface area contributed by atoms with Gasteiger partial charge in [0, 0.05) is 11.1 Å². The molecule has 0 radical (unpaired) electrons. The van der Waals surface area contributed by atoms with Gasteiger partial charge in [0.15, 0.2) is 0 Å². The van der Waals surface area contributed by atoms with Crippen molar-refractivity contribution < 1.29 is 37.0 Å². The third kappa shape index (κ3) is 5.58. The number of hydrogen-bond acceptors (Lipinski definition) is 5. The number of carbonyl (C=O) groups is 2. The van der Waals surface area contributed by atoms with E-state index in [0.717, 1.165) is 17.5 Å². The Hall–Kier alpha value is -4.73. The van der Waals surface area contributed by atoms with Gasteiger partial charge in [0.1, 0.15) is 34.1 Å². The fourth-order valence-electron chi connectivity index (χ4n) is 3.72. The quantitative estimate of drug-likeness (QED) is 0.304. The van der Waals surface area contributed by atoms with E-state index >= 15 is 0 Å². The van der Waals surface area contributed by atoms with Crippen molar-refractivity contribution >= 4 is 28.4 Å². The second-order valence-electron chi connectivity index (χ2n) is 7.73. The van der Waals surface area contributed by atoms with Crippen LogP contribution in [0.3, 0.4) is 0 Å². The lowest BCUT2D eigenvalue weighted by molar-refractivity contribution is -0.138. The van der Waals surface area contributed by atoms with Crippen LogP contribution in [0.15, 0.2) is 78.9 Å². The zero-order chi connectivity index (χ0) is 26.6. The zero-order valence-electron chi connectivity index (χ0n) is 19.7. The van der Waals surface area contributed by atoms with Gasteiger partial charge >= 0.3 is 12.2 Å². The van der Waals surface area contributed by atoms with Gasteiger partial charge in [-0.05, 0) is 41.8 Å². The molecule has 10 heteroatoms. The minimum atomic E-state index is -4.78. The summed E-state index contributed by atoms with van der Waals surface area (Å²) in [5.74, 6) is -0.750. The van der Waals surface area contributed by atoms with E-state index in [2.05, 4.69) is 10.6 Å². The number of nitrogens with one attached hydrogen (secondary N) is 2. The molecule has 4 rings (SSSR count). The Kier molecular flexibility index (Phi) is 7.19. The number of rotatable bonds is 6. The Morgan fingerprint density at radius 3 is 2.05 bits per heavy atom. The van der Waals surface area contributed by atoms with Crippen molar-refractivity contribution in [3.05, 3.63) is 90.0 Å². The van der Waals surface area contributed by atoms with Crippen LogP contribution in [0.1, 0.15) is 15.9 Å². The van der Waals surface area contributed by atoms with E-state index in [0.29, 0.717) is 5.39 Å². The van der Waals surface area contributed by atoms with Crippen LogP contribution in [0.4, 0.5) is 23.7 Å². The summed E-state index contributed by atoms with van der Waals surface area (Å²) in [5, 5.41) is 5.76. The number of halogens is 3. The minimum absolute atomic E-state index is 0.0440. The number of carbonyl (C=O) groups excluding carboxylic acids is 2. The maximum Gasteiger partial charge on any atom is 0.420 e. The van der Waals surface area contributed by atoms with Crippen LogP contribution in [-0.2, 0) is 6.18 Å². The molecule has 0 aliphatic heterocycles. The number of alkyl halides is 3. The summed E-state index contributed by atoms with van der Waals surface area (Å²) < 4.78 is 57.6. The molecule has 0 spiro atoms. The number of methoxy groups -OCH3 is 2. The highest BCUT2D eigenvalue weighted by molar-refractivity contribution is 6.10. The molecule has 0 heterocycles. The fraction of sp³-hybridized carbons (Fsp3) is 0.111. The SMILES string of the molecule is COc1cccc(OC)c1C(=O)NC(=O)Nc1ccc(Oc2cccc3ccccc23)c(C(F)(F)F)c1. The summed E-state index contributed by atoms with van der Waals surface area (Å²) in [6.07, 6.45) is -4.78. The van der Waals surface area contributed by atoms with Crippen molar-refractivity contribution in [1.29, 1.82) is 0 Å². The molecule has 0 saturated carbocycles. The van der Waals surface area contributed by atoms with E-state index in [9.17, 15) is 22.8 Å². The molecular formula is C27H21F3N2O5. The summed E-state index contributed by atoms with van der Waals surface area (Å²) >= 11 is 0. The van der Waals surface area contributed by atoms with E-state index < -0.39 is 29.4 Å². The predicted octanol–water partition coefficient (Wildman–Crippen LogP) is 6.63. The van der Waals surface area contributed by atoms with Gasteiger partial charge in [-0.3, -0.25) is 10.1 Å². The van der Waals surface area contributed by atoms with Crippen LogP contribution in [0.5, 0.6) is 23.0 Å². The molecule has 0 saturated heterocycles. The maximum absolute atomic E-state index is 13.9. The molecule has 3 amide bonds. The largest absolute Gasteiger partial charge is 0.496 e. The zero-order valence-corrected chi connectivity index (χ0v) is 19.7. The topological polar surface area (TPSA) is 85.9 Å². The van der Waals surface area contributed by atoms with Crippen molar-refractivity contribution in [1.82, 2.24) is 5.32 Å². The highest BCUT2D eigenvalue weighted by atomic mass is 19.4. The third-order valence-corrected chi connectivity index (χ3v) is 5.39. The third-order valence-electron chi connectivity index (χ3n) is 5.39. The average molecular weight is 510 g/mol. The molecule has 37 heavy (non-hydrogen) atoms. The first-order valence-corrected chi connectivity index (χ1v) is 10.9. The Bertz CT molecular complexity index is 1440. The summed E-state index contributed by atoms with van der Waals surface area (Å²) in [6, 6.07) is 18.8. The average Bonchev–Trinajstić information content (AvgIpc) is 2.88. The van der Waals surface area contributed by atoms with Gasteiger partial charge < -0.3 is 19.5 Å². The van der Waals surface area contributed by atoms with E-state index in [4.69, 9.17) is 14.2 Å². The van der Waals surface area contributed by atoms with Crippen molar-refractivity contribution in [2.24, 2.45) is 0 Å². The van der Waals surface area contributed by atoms with Gasteiger partial charge in [-0.25, -0.2) is 4.79 Å². The molecular weight excluding hydrogens is 489 g/mol. The van der Waals surface area contributed by atoms with Gasteiger partial charge in [-0.15, -0.1) is 0 Å². The molecule has 0 fully saturated rings. The maximum atomic E-state index is 13.9. The van der Waals surface area contributed by atoms with Gasteiger partial charge in [0.2, 0.25) is 0 Å². The van der Waals surface area contributed by atoms with Crippen LogP contribution in [-0.4, -0.2) is 26.2 Å². The van der Waals surface area contributed by atoms with Crippen LogP contribution in [0.25, 0.3) is 10.8 Å². The number of anilines is 1. The first-order valence-electron chi connectivity index (χ1n) is 10.9. The molecule has 0 aliphatic rings. The molecule has 190 valence electrons. The molecule has 4 aromatic rings. The van der Waals surface area contributed by atoms with Crippen LogP contribution in [0, 0.1) is 0 Å². The monoisotopic (exact) mass is 510 g/mol. The lowest BCUT2D eigenvalue weighted by Gasteiger charge is -2.17. The molecule has 0 unspecified atom stereocenters. The van der Waals surface area contributed by atoms with Gasteiger partial charge in [0.05, 0.1) is 14.2 Å². The summed E-state index contributed by atoms with van der Waals surface area (Å²) in [6.45, 7) is 0. The van der Waals surface area contributed by atoms with Gasteiger partial charge in [-0.1, -0.05) is 42.5 Å². The number of imide groups is 1. The standard InChI is InChI=1S/C27H21F3N2O5/c1-35-22-11-6-12-23(36-2)24(22)25(33)32-26(34)31-17-13-14-21(19(15-17)27(28,29)30)37-20-10-5-8-16-7-3-4-9-18(16)20/h3-15H,1-2H3,(H2,31,32,33,34).